The van der Waals surface area contributed by atoms with E-state index in [0.717, 1.165) is 27.0 Å². The van der Waals surface area contributed by atoms with E-state index in [1.165, 1.54) is 0 Å². The molecule has 0 atom stereocenters. The molecule has 138 valence electrons. The second-order valence-corrected chi connectivity index (χ2v) is 7.21. The topological polar surface area (TPSA) is 58.6 Å². The van der Waals surface area contributed by atoms with Gasteiger partial charge in [-0.3, -0.25) is 0 Å². The summed E-state index contributed by atoms with van der Waals surface area (Å²) in [4.78, 5) is 10.9. The lowest BCUT2D eigenvalue weighted by atomic mass is 10.2. The molecule has 4 nitrogen and oxygen atoms in total. The van der Waals surface area contributed by atoms with Gasteiger partial charge in [-0.2, -0.15) is 0 Å². The lowest BCUT2D eigenvalue weighted by Crippen LogP contribution is -2.01. The number of carboxylic acids is 1. The predicted octanol–water partition coefficient (Wildman–Crippen LogP) is 5.99. The van der Waals surface area contributed by atoms with Crippen LogP contribution in [0.4, 0.5) is 5.69 Å². The third-order valence-electron chi connectivity index (χ3n) is 3.93. The summed E-state index contributed by atoms with van der Waals surface area (Å²) in [5.41, 5.74) is 3.24. The molecule has 0 aromatic heterocycles. The number of aromatic carboxylic acids is 1. The Labute approximate surface area is 170 Å². The standard InChI is InChI=1S/C21H17BrClNO3/c22-19-11-15(12-24-18-8-4-16(5-9-18)21(25)26)3-10-20(19)27-13-14-1-6-17(23)7-2-14/h1-11,24H,12-13H2,(H,25,26). The minimum absolute atomic E-state index is 0.269. The molecule has 0 heterocycles. The molecule has 0 saturated heterocycles. The summed E-state index contributed by atoms with van der Waals surface area (Å²) < 4.78 is 6.72. The Kier molecular flexibility index (Phi) is 6.37. The van der Waals surface area contributed by atoms with Crippen LogP contribution in [0.15, 0.2) is 71.2 Å². The summed E-state index contributed by atoms with van der Waals surface area (Å²) in [6, 6.07) is 20.1. The normalized spacial score (nSPS) is 10.4. The van der Waals surface area contributed by atoms with Crippen LogP contribution in [-0.2, 0) is 13.2 Å². The molecular weight excluding hydrogens is 430 g/mol. The highest BCUT2D eigenvalue weighted by Gasteiger charge is 2.05. The molecule has 3 aromatic rings. The van der Waals surface area contributed by atoms with E-state index in [4.69, 9.17) is 21.4 Å². The van der Waals surface area contributed by atoms with Crippen LogP contribution in [0.25, 0.3) is 0 Å². The van der Waals surface area contributed by atoms with Crippen molar-refractivity contribution in [3.8, 4) is 5.75 Å². The zero-order valence-corrected chi connectivity index (χ0v) is 16.6. The SMILES string of the molecule is O=C(O)c1ccc(NCc2ccc(OCc3ccc(Cl)cc3)c(Br)c2)cc1. The van der Waals surface area contributed by atoms with Gasteiger partial charge in [0, 0.05) is 17.3 Å². The molecule has 0 unspecified atom stereocenters. The minimum Gasteiger partial charge on any atom is -0.488 e. The maximum Gasteiger partial charge on any atom is 0.335 e. The largest absolute Gasteiger partial charge is 0.488 e. The number of ether oxygens (including phenoxy) is 1. The average Bonchev–Trinajstić information content (AvgIpc) is 2.67. The van der Waals surface area contributed by atoms with Crippen LogP contribution in [0.2, 0.25) is 5.02 Å². The van der Waals surface area contributed by atoms with Gasteiger partial charge in [-0.1, -0.05) is 29.8 Å². The summed E-state index contributed by atoms with van der Waals surface area (Å²) in [6.45, 7) is 1.08. The summed E-state index contributed by atoms with van der Waals surface area (Å²) in [7, 11) is 0. The second kappa shape index (κ2) is 8.93. The van der Waals surface area contributed by atoms with Crippen LogP contribution >= 0.6 is 27.5 Å². The number of carbonyl (C=O) groups is 1. The number of benzene rings is 3. The first kappa shape index (κ1) is 19.3. The molecule has 3 aromatic carbocycles. The predicted molar refractivity (Wildman–Crippen MR) is 111 cm³/mol. The fourth-order valence-corrected chi connectivity index (χ4v) is 3.11. The number of carboxylic acid groups (broad SMARTS) is 1. The Hall–Kier alpha value is -2.50. The van der Waals surface area contributed by atoms with E-state index in [9.17, 15) is 4.79 Å². The Morgan fingerprint density at radius 1 is 1.00 bits per heavy atom. The van der Waals surface area contributed by atoms with Crippen molar-refractivity contribution in [1.82, 2.24) is 0 Å². The first-order chi connectivity index (χ1) is 13.0. The van der Waals surface area contributed by atoms with Crippen molar-refractivity contribution in [3.05, 3.63) is 92.9 Å². The van der Waals surface area contributed by atoms with Crippen LogP contribution < -0.4 is 10.1 Å². The summed E-state index contributed by atoms with van der Waals surface area (Å²) in [6.07, 6.45) is 0. The van der Waals surface area contributed by atoms with E-state index in [0.29, 0.717) is 18.2 Å². The van der Waals surface area contributed by atoms with Gasteiger partial charge in [-0.05, 0) is 75.6 Å². The van der Waals surface area contributed by atoms with E-state index in [2.05, 4.69) is 21.2 Å². The zero-order chi connectivity index (χ0) is 19.2. The van der Waals surface area contributed by atoms with Gasteiger partial charge in [0.2, 0.25) is 0 Å². The number of anilines is 1. The van der Waals surface area contributed by atoms with Crippen molar-refractivity contribution < 1.29 is 14.6 Å². The smallest absolute Gasteiger partial charge is 0.335 e. The van der Waals surface area contributed by atoms with Gasteiger partial charge < -0.3 is 15.2 Å². The molecule has 27 heavy (non-hydrogen) atoms. The molecule has 0 amide bonds. The Bertz CT molecular complexity index is 927. The van der Waals surface area contributed by atoms with Gasteiger partial charge in [0.05, 0.1) is 10.0 Å². The van der Waals surface area contributed by atoms with Crippen molar-refractivity contribution in [1.29, 1.82) is 0 Å². The average molecular weight is 447 g/mol. The maximum absolute atomic E-state index is 10.9. The Morgan fingerprint density at radius 2 is 1.67 bits per heavy atom. The van der Waals surface area contributed by atoms with Crippen LogP contribution in [0.5, 0.6) is 5.75 Å². The molecule has 0 radical (unpaired) electrons. The fourth-order valence-electron chi connectivity index (χ4n) is 2.45. The van der Waals surface area contributed by atoms with Gasteiger partial charge in [0.15, 0.2) is 0 Å². The highest BCUT2D eigenvalue weighted by molar-refractivity contribution is 9.10. The van der Waals surface area contributed by atoms with Crippen molar-refractivity contribution in [2.24, 2.45) is 0 Å². The van der Waals surface area contributed by atoms with E-state index in [-0.39, 0.29) is 5.56 Å². The monoisotopic (exact) mass is 445 g/mol. The number of hydrogen-bond acceptors (Lipinski definition) is 3. The van der Waals surface area contributed by atoms with Crippen molar-refractivity contribution in [2.75, 3.05) is 5.32 Å². The lowest BCUT2D eigenvalue weighted by Gasteiger charge is -2.11. The van der Waals surface area contributed by atoms with E-state index < -0.39 is 5.97 Å². The molecular formula is C21H17BrClNO3. The van der Waals surface area contributed by atoms with Gasteiger partial charge in [-0.15, -0.1) is 0 Å². The molecule has 0 saturated carbocycles. The molecule has 0 fully saturated rings. The van der Waals surface area contributed by atoms with E-state index in [1.54, 1.807) is 24.3 Å². The van der Waals surface area contributed by atoms with Gasteiger partial charge >= 0.3 is 5.97 Å². The third kappa shape index (κ3) is 5.49. The number of hydrogen-bond donors (Lipinski definition) is 2. The maximum atomic E-state index is 10.9. The number of rotatable bonds is 7. The highest BCUT2D eigenvalue weighted by atomic mass is 79.9. The van der Waals surface area contributed by atoms with Crippen LogP contribution in [-0.4, -0.2) is 11.1 Å². The molecule has 0 aliphatic carbocycles. The van der Waals surface area contributed by atoms with E-state index >= 15 is 0 Å². The van der Waals surface area contributed by atoms with Crippen molar-refractivity contribution in [3.63, 3.8) is 0 Å². The number of nitrogens with one attached hydrogen (secondary N) is 1. The molecule has 0 aliphatic heterocycles. The first-order valence-corrected chi connectivity index (χ1v) is 9.41. The summed E-state index contributed by atoms with van der Waals surface area (Å²) in [5, 5.41) is 12.9. The fraction of sp³-hybridized carbons (Fsp3) is 0.0952. The van der Waals surface area contributed by atoms with Crippen molar-refractivity contribution >= 4 is 39.2 Å². The van der Waals surface area contributed by atoms with Gasteiger partial charge in [0.25, 0.3) is 0 Å². The second-order valence-electron chi connectivity index (χ2n) is 5.92. The quantitative estimate of drug-likeness (QED) is 0.468. The van der Waals surface area contributed by atoms with E-state index in [1.807, 2.05) is 42.5 Å². The third-order valence-corrected chi connectivity index (χ3v) is 4.80. The Balaban J connectivity index is 1.57. The molecule has 6 heteroatoms. The Morgan fingerprint density at radius 3 is 2.30 bits per heavy atom. The van der Waals surface area contributed by atoms with Crippen LogP contribution in [0, 0.1) is 0 Å². The van der Waals surface area contributed by atoms with Crippen molar-refractivity contribution in [2.45, 2.75) is 13.2 Å². The van der Waals surface area contributed by atoms with Gasteiger partial charge in [0.1, 0.15) is 12.4 Å². The molecule has 0 bridgehead atoms. The summed E-state index contributed by atoms with van der Waals surface area (Å²) in [5.74, 6) is -0.167. The summed E-state index contributed by atoms with van der Waals surface area (Å²) >= 11 is 9.43. The van der Waals surface area contributed by atoms with Gasteiger partial charge in [-0.25, -0.2) is 4.79 Å². The molecule has 0 spiro atoms. The number of halogens is 2. The molecule has 2 N–H and O–H groups in total. The molecule has 0 aliphatic rings. The zero-order valence-electron chi connectivity index (χ0n) is 14.3. The first-order valence-electron chi connectivity index (χ1n) is 8.24. The highest BCUT2D eigenvalue weighted by Crippen LogP contribution is 2.27. The lowest BCUT2D eigenvalue weighted by molar-refractivity contribution is 0.0697. The minimum atomic E-state index is -0.931. The van der Waals surface area contributed by atoms with Crippen LogP contribution in [0.1, 0.15) is 21.5 Å². The molecule has 3 rings (SSSR count). The van der Waals surface area contributed by atoms with Crippen LogP contribution in [0.3, 0.4) is 0 Å².